The van der Waals surface area contributed by atoms with Gasteiger partial charge in [-0.3, -0.25) is 4.79 Å². The van der Waals surface area contributed by atoms with E-state index in [2.05, 4.69) is 18.3 Å². The summed E-state index contributed by atoms with van der Waals surface area (Å²) in [6.45, 7) is 3.77. The summed E-state index contributed by atoms with van der Waals surface area (Å²) in [6, 6.07) is 9.68. The van der Waals surface area contributed by atoms with Gasteiger partial charge in [0.25, 0.3) is 0 Å². The van der Waals surface area contributed by atoms with E-state index in [4.69, 9.17) is 15.6 Å². The fraction of sp³-hybridized carbons (Fsp3) is 0.474. The van der Waals surface area contributed by atoms with Crippen molar-refractivity contribution in [2.24, 2.45) is 5.73 Å². The molecule has 7 heteroatoms. The van der Waals surface area contributed by atoms with Crippen molar-refractivity contribution in [2.45, 2.75) is 37.8 Å². The molecule has 0 radical (unpaired) electrons. The number of halogens is 1. The first-order chi connectivity index (χ1) is 12.1. The maximum absolute atomic E-state index is 12.1. The number of para-hydroxylation sites is 1. The van der Waals surface area contributed by atoms with Crippen LogP contribution in [0.2, 0.25) is 0 Å². The Morgan fingerprint density at radius 2 is 1.96 bits per heavy atom. The molecule has 3 heterocycles. The number of carbonyl (C=O) groups is 1. The van der Waals surface area contributed by atoms with E-state index in [9.17, 15) is 4.79 Å². The fourth-order valence-electron chi connectivity index (χ4n) is 3.87. The van der Waals surface area contributed by atoms with Crippen LogP contribution in [0, 0.1) is 0 Å². The average molecular weight is 377 g/mol. The fourth-order valence-corrected chi connectivity index (χ4v) is 3.87. The predicted octanol–water partition coefficient (Wildman–Crippen LogP) is 2.03. The average Bonchev–Trinajstić information content (AvgIpc) is 3.09. The first-order valence-corrected chi connectivity index (χ1v) is 8.92. The minimum absolute atomic E-state index is 0. The van der Waals surface area contributed by atoms with Crippen LogP contribution in [0.5, 0.6) is 0 Å². The zero-order valence-corrected chi connectivity index (χ0v) is 15.7. The summed E-state index contributed by atoms with van der Waals surface area (Å²) in [5, 5.41) is 4.87. The summed E-state index contributed by atoms with van der Waals surface area (Å²) < 4.78 is 8.17. The van der Waals surface area contributed by atoms with Crippen LogP contribution >= 0.6 is 12.4 Å². The number of nitrogens with two attached hydrogens (primary N) is 1. The molecule has 4 rings (SSSR count). The summed E-state index contributed by atoms with van der Waals surface area (Å²) in [7, 11) is 0. The zero-order valence-electron chi connectivity index (χ0n) is 14.9. The lowest BCUT2D eigenvalue weighted by Crippen LogP contribution is -2.51. The second-order valence-electron chi connectivity index (χ2n) is 6.99. The highest BCUT2D eigenvalue weighted by atomic mass is 35.5. The van der Waals surface area contributed by atoms with Crippen molar-refractivity contribution >= 4 is 18.3 Å². The Hall–Kier alpha value is -1.89. The molecule has 1 atom stereocenters. The van der Waals surface area contributed by atoms with E-state index in [1.54, 1.807) is 6.92 Å². The molecule has 1 aromatic heterocycles. The molecule has 0 unspecified atom stereocenters. The molecule has 0 saturated carbocycles. The van der Waals surface area contributed by atoms with Crippen LogP contribution in [-0.4, -0.2) is 46.3 Å². The van der Waals surface area contributed by atoms with Crippen LogP contribution in [0.15, 0.2) is 36.5 Å². The molecule has 1 saturated heterocycles. The second kappa shape index (κ2) is 7.39. The molecule has 6 nitrogen and oxygen atoms in total. The number of piperidine rings is 1. The highest BCUT2D eigenvalue weighted by Crippen LogP contribution is 2.41. The molecule has 2 aromatic rings. The molecule has 0 bridgehead atoms. The molecule has 0 aliphatic carbocycles. The number of ether oxygens (including phenoxy) is 1. The SMILES string of the molecule is C[C@@H](N)C(=O)N1CCC2(CC1)OCCc1cn(-c3ccccc3)nc12.Cl. The first-order valence-electron chi connectivity index (χ1n) is 8.92. The largest absolute Gasteiger partial charge is 0.368 e. The molecule has 26 heavy (non-hydrogen) atoms. The van der Waals surface area contributed by atoms with Crippen molar-refractivity contribution in [3.05, 3.63) is 47.8 Å². The van der Waals surface area contributed by atoms with Crippen molar-refractivity contribution in [3.8, 4) is 5.69 Å². The molecule has 1 spiro atoms. The number of amides is 1. The Balaban J connectivity index is 0.00000196. The summed E-state index contributed by atoms with van der Waals surface area (Å²) in [6.07, 6.45) is 4.54. The number of likely N-dealkylation sites (tertiary alicyclic amines) is 1. The van der Waals surface area contributed by atoms with Crippen LogP contribution in [0.25, 0.3) is 5.69 Å². The Bertz CT molecular complexity index is 767. The van der Waals surface area contributed by atoms with E-state index in [1.165, 1.54) is 5.56 Å². The molecular formula is C19H25ClN4O2. The van der Waals surface area contributed by atoms with Gasteiger partial charge in [0.2, 0.25) is 5.91 Å². The summed E-state index contributed by atoms with van der Waals surface area (Å²) >= 11 is 0. The Kier molecular flexibility index (Phi) is 5.37. The van der Waals surface area contributed by atoms with Gasteiger partial charge in [-0.1, -0.05) is 18.2 Å². The molecule has 1 amide bonds. The minimum atomic E-state index is -0.450. The monoisotopic (exact) mass is 376 g/mol. The molecule has 1 aromatic carbocycles. The summed E-state index contributed by atoms with van der Waals surface area (Å²) in [5.41, 5.74) is 8.71. The van der Waals surface area contributed by atoms with E-state index in [0.29, 0.717) is 19.7 Å². The number of nitrogens with zero attached hydrogens (tertiary/aromatic N) is 3. The van der Waals surface area contributed by atoms with Crippen molar-refractivity contribution in [2.75, 3.05) is 19.7 Å². The Labute approximate surface area is 159 Å². The van der Waals surface area contributed by atoms with Crippen molar-refractivity contribution < 1.29 is 9.53 Å². The van der Waals surface area contributed by atoms with Gasteiger partial charge in [0.1, 0.15) is 5.60 Å². The number of hydrogen-bond acceptors (Lipinski definition) is 4. The normalized spacial score (nSPS) is 19.5. The van der Waals surface area contributed by atoms with E-state index in [0.717, 1.165) is 30.6 Å². The van der Waals surface area contributed by atoms with Gasteiger partial charge in [-0.15, -0.1) is 12.4 Å². The van der Waals surface area contributed by atoms with Gasteiger partial charge < -0.3 is 15.4 Å². The van der Waals surface area contributed by atoms with E-state index >= 15 is 0 Å². The third kappa shape index (κ3) is 3.24. The van der Waals surface area contributed by atoms with E-state index in [-0.39, 0.29) is 23.9 Å². The van der Waals surface area contributed by atoms with Gasteiger partial charge in [0, 0.05) is 19.3 Å². The highest BCUT2D eigenvalue weighted by molar-refractivity contribution is 5.85. The maximum Gasteiger partial charge on any atom is 0.239 e. The molecule has 1 fully saturated rings. The third-order valence-corrected chi connectivity index (χ3v) is 5.26. The van der Waals surface area contributed by atoms with Gasteiger partial charge in [-0.2, -0.15) is 5.10 Å². The lowest BCUT2D eigenvalue weighted by atomic mass is 9.83. The topological polar surface area (TPSA) is 73.4 Å². The quantitative estimate of drug-likeness (QED) is 0.870. The van der Waals surface area contributed by atoms with Crippen LogP contribution in [-0.2, 0) is 21.6 Å². The first kappa shape index (κ1) is 18.9. The van der Waals surface area contributed by atoms with Crippen LogP contribution in [0.1, 0.15) is 31.0 Å². The number of fused-ring (bicyclic) bond motifs is 2. The maximum atomic E-state index is 12.1. The lowest BCUT2D eigenvalue weighted by Gasteiger charge is -2.43. The number of hydrogen-bond donors (Lipinski definition) is 1. The molecule has 2 N–H and O–H groups in total. The van der Waals surface area contributed by atoms with Gasteiger partial charge in [0.15, 0.2) is 0 Å². The minimum Gasteiger partial charge on any atom is -0.368 e. The molecule has 2 aliphatic heterocycles. The van der Waals surface area contributed by atoms with Gasteiger partial charge in [-0.05, 0) is 43.9 Å². The van der Waals surface area contributed by atoms with Crippen molar-refractivity contribution in [1.82, 2.24) is 14.7 Å². The Morgan fingerprint density at radius 3 is 2.62 bits per heavy atom. The predicted molar refractivity (Wildman–Crippen MR) is 102 cm³/mol. The molecule has 140 valence electrons. The zero-order chi connectivity index (χ0) is 17.4. The number of rotatable bonds is 2. The van der Waals surface area contributed by atoms with Gasteiger partial charge in [0.05, 0.1) is 24.0 Å². The van der Waals surface area contributed by atoms with Gasteiger partial charge in [-0.25, -0.2) is 4.68 Å². The van der Waals surface area contributed by atoms with E-state index in [1.807, 2.05) is 27.8 Å². The number of benzene rings is 1. The summed E-state index contributed by atoms with van der Waals surface area (Å²) in [4.78, 5) is 14.0. The van der Waals surface area contributed by atoms with E-state index < -0.39 is 6.04 Å². The second-order valence-corrected chi connectivity index (χ2v) is 6.99. The molecular weight excluding hydrogens is 352 g/mol. The highest BCUT2D eigenvalue weighted by Gasteiger charge is 2.44. The van der Waals surface area contributed by atoms with Crippen molar-refractivity contribution in [3.63, 3.8) is 0 Å². The third-order valence-electron chi connectivity index (χ3n) is 5.26. The summed E-state index contributed by atoms with van der Waals surface area (Å²) in [5.74, 6) is 0.0145. The van der Waals surface area contributed by atoms with Crippen molar-refractivity contribution in [1.29, 1.82) is 0 Å². The standard InChI is InChI=1S/C19H24N4O2.ClH/c1-14(20)18(24)22-10-8-19(9-11-22)17-15(7-12-25-19)13-23(21-17)16-5-3-2-4-6-16;/h2-6,13-14H,7-12,20H2,1H3;1H/t14-;/m1./s1. The molecule has 2 aliphatic rings. The van der Waals surface area contributed by atoms with Crippen LogP contribution in [0.4, 0.5) is 0 Å². The number of carbonyl (C=O) groups excluding carboxylic acids is 1. The Morgan fingerprint density at radius 1 is 1.27 bits per heavy atom. The van der Waals surface area contributed by atoms with Gasteiger partial charge >= 0.3 is 0 Å². The van der Waals surface area contributed by atoms with Crippen LogP contribution < -0.4 is 5.73 Å². The lowest BCUT2D eigenvalue weighted by molar-refractivity contribution is -0.142. The number of aromatic nitrogens is 2. The van der Waals surface area contributed by atoms with Crippen LogP contribution in [0.3, 0.4) is 0 Å². The smallest absolute Gasteiger partial charge is 0.239 e.